The second-order valence-corrected chi connectivity index (χ2v) is 6.18. The van der Waals surface area contributed by atoms with Gasteiger partial charge in [-0.2, -0.15) is 0 Å². The molecule has 0 N–H and O–H groups in total. The Morgan fingerprint density at radius 3 is 2.63 bits per heavy atom. The van der Waals surface area contributed by atoms with Crippen LogP contribution in [0.4, 0.5) is 8.78 Å². The molecular formula is C14H9F2NS2. The number of halogens is 2. The van der Waals surface area contributed by atoms with Crippen LogP contribution in [0.25, 0.3) is 21.1 Å². The summed E-state index contributed by atoms with van der Waals surface area (Å²) in [5.74, 6) is -1.68. The zero-order chi connectivity index (χ0) is 13.4. The topological polar surface area (TPSA) is 12.9 Å². The van der Waals surface area contributed by atoms with Crippen LogP contribution in [0.15, 0.2) is 35.7 Å². The van der Waals surface area contributed by atoms with Crippen LogP contribution in [0.1, 0.15) is 4.88 Å². The smallest absolute Gasteiger partial charge is 0.159 e. The normalized spacial score (nSPS) is 10.9. The van der Waals surface area contributed by atoms with Gasteiger partial charge in [0.1, 0.15) is 5.01 Å². The van der Waals surface area contributed by atoms with E-state index in [0.717, 1.165) is 20.8 Å². The quantitative estimate of drug-likeness (QED) is 0.638. The van der Waals surface area contributed by atoms with E-state index in [2.05, 4.69) is 4.98 Å². The van der Waals surface area contributed by atoms with Crippen molar-refractivity contribution >= 4 is 22.7 Å². The fraction of sp³-hybridized carbons (Fsp3) is 0.0714. The highest BCUT2D eigenvalue weighted by molar-refractivity contribution is 7.21. The molecule has 2 aromatic heterocycles. The zero-order valence-electron chi connectivity index (χ0n) is 9.98. The summed E-state index contributed by atoms with van der Waals surface area (Å²) in [4.78, 5) is 6.61. The Labute approximate surface area is 117 Å². The number of aromatic nitrogens is 1. The zero-order valence-corrected chi connectivity index (χ0v) is 11.6. The highest BCUT2D eigenvalue weighted by atomic mass is 32.1. The predicted octanol–water partition coefficient (Wildman–Crippen LogP) is 5.13. The summed E-state index contributed by atoms with van der Waals surface area (Å²) in [5, 5.41) is 2.90. The summed E-state index contributed by atoms with van der Waals surface area (Å²) in [6.45, 7) is 1.94. The molecule has 0 fully saturated rings. The molecule has 19 heavy (non-hydrogen) atoms. The van der Waals surface area contributed by atoms with E-state index in [9.17, 15) is 8.78 Å². The number of rotatable bonds is 2. The Morgan fingerprint density at radius 2 is 1.95 bits per heavy atom. The Balaban J connectivity index is 2.08. The van der Waals surface area contributed by atoms with E-state index < -0.39 is 11.6 Å². The molecule has 3 rings (SSSR count). The number of nitrogens with zero attached hydrogens (tertiary/aromatic N) is 1. The molecule has 0 aliphatic carbocycles. The number of hydrogen-bond acceptors (Lipinski definition) is 3. The maximum atomic E-state index is 13.3. The van der Waals surface area contributed by atoms with Crippen LogP contribution in [0.2, 0.25) is 0 Å². The standard InChI is InChI=1S/C14H9F2NS2/c1-8-13(9-4-5-10(15)11(16)7-9)17-14(19-8)12-3-2-6-18-12/h2-7H,1H3. The first-order chi connectivity index (χ1) is 9.15. The molecule has 0 saturated carbocycles. The van der Waals surface area contributed by atoms with Crippen LogP contribution in [0.3, 0.4) is 0 Å². The second kappa shape index (κ2) is 4.83. The Morgan fingerprint density at radius 1 is 1.11 bits per heavy atom. The average molecular weight is 293 g/mol. The molecule has 0 aliphatic heterocycles. The van der Waals surface area contributed by atoms with Crippen molar-refractivity contribution in [3.05, 3.63) is 52.2 Å². The first-order valence-corrected chi connectivity index (χ1v) is 7.31. The van der Waals surface area contributed by atoms with Crippen molar-refractivity contribution < 1.29 is 8.78 Å². The highest BCUT2D eigenvalue weighted by Gasteiger charge is 2.13. The van der Waals surface area contributed by atoms with E-state index in [1.165, 1.54) is 6.07 Å². The van der Waals surface area contributed by atoms with Gasteiger partial charge < -0.3 is 0 Å². The maximum Gasteiger partial charge on any atom is 0.159 e. The third-order valence-corrected chi connectivity index (χ3v) is 4.73. The van der Waals surface area contributed by atoms with Crippen LogP contribution < -0.4 is 0 Å². The summed E-state index contributed by atoms with van der Waals surface area (Å²) in [6.07, 6.45) is 0. The molecule has 0 aliphatic rings. The van der Waals surface area contributed by atoms with Crippen molar-refractivity contribution in [3.63, 3.8) is 0 Å². The summed E-state index contributed by atoms with van der Waals surface area (Å²) in [7, 11) is 0. The minimum Gasteiger partial charge on any atom is -0.235 e. The molecule has 0 bridgehead atoms. The molecular weight excluding hydrogens is 284 g/mol. The van der Waals surface area contributed by atoms with E-state index >= 15 is 0 Å². The van der Waals surface area contributed by atoms with Gasteiger partial charge in [-0.3, -0.25) is 0 Å². The van der Waals surface area contributed by atoms with Gasteiger partial charge in [-0.25, -0.2) is 13.8 Å². The van der Waals surface area contributed by atoms with Gasteiger partial charge in [0, 0.05) is 10.4 Å². The molecule has 2 heterocycles. The molecule has 96 valence electrons. The molecule has 0 amide bonds. The van der Waals surface area contributed by atoms with Gasteiger partial charge in [0.15, 0.2) is 11.6 Å². The van der Waals surface area contributed by atoms with E-state index in [1.54, 1.807) is 28.7 Å². The van der Waals surface area contributed by atoms with Crippen molar-refractivity contribution in [2.45, 2.75) is 6.92 Å². The summed E-state index contributed by atoms with van der Waals surface area (Å²) >= 11 is 3.17. The molecule has 0 spiro atoms. The minimum absolute atomic E-state index is 0.607. The first kappa shape index (κ1) is 12.4. The van der Waals surface area contributed by atoms with Gasteiger partial charge >= 0.3 is 0 Å². The van der Waals surface area contributed by atoms with Crippen molar-refractivity contribution in [2.75, 3.05) is 0 Å². The fourth-order valence-electron chi connectivity index (χ4n) is 1.81. The summed E-state index contributed by atoms with van der Waals surface area (Å²) in [6, 6.07) is 7.84. The van der Waals surface area contributed by atoms with Crippen molar-refractivity contribution in [1.29, 1.82) is 0 Å². The SMILES string of the molecule is Cc1sc(-c2cccs2)nc1-c1ccc(F)c(F)c1. The lowest BCUT2D eigenvalue weighted by Gasteiger charge is -1.99. The average Bonchev–Trinajstić information content (AvgIpc) is 3.01. The van der Waals surface area contributed by atoms with Crippen LogP contribution in [0.5, 0.6) is 0 Å². The molecule has 0 saturated heterocycles. The van der Waals surface area contributed by atoms with Crippen molar-refractivity contribution in [3.8, 4) is 21.1 Å². The van der Waals surface area contributed by atoms with Crippen molar-refractivity contribution in [2.24, 2.45) is 0 Å². The fourth-order valence-corrected chi connectivity index (χ4v) is 3.55. The largest absolute Gasteiger partial charge is 0.235 e. The summed E-state index contributed by atoms with van der Waals surface area (Å²) < 4.78 is 26.2. The van der Waals surface area contributed by atoms with E-state index in [4.69, 9.17) is 0 Å². The number of aryl methyl sites for hydroxylation is 1. The van der Waals surface area contributed by atoms with E-state index in [-0.39, 0.29) is 0 Å². The third-order valence-electron chi connectivity index (χ3n) is 2.72. The molecule has 0 atom stereocenters. The van der Waals surface area contributed by atoms with E-state index in [1.807, 2.05) is 24.4 Å². The predicted molar refractivity (Wildman–Crippen MR) is 75.5 cm³/mol. The molecule has 1 nitrogen and oxygen atoms in total. The van der Waals surface area contributed by atoms with Gasteiger partial charge in [-0.05, 0) is 36.6 Å². The van der Waals surface area contributed by atoms with Crippen LogP contribution >= 0.6 is 22.7 Å². The third kappa shape index (κ3) is 2.31. The Hall–Kier alpha value is -1.59. The first-order valence-electron chi connectivity index (χ1n) is 5.62. The molecule has 0 unspecified atom stereocenters. The monoisotopic (exact) mass is 293 g/mol. The number of thiazole rings is 1. The molecule has 5 heteroatoms. The van der Waals surface area contributed by atoms with E-state index in [0.29, 0.717) is 11.3 Å². The summed E-state index contributed by atoms with van der Waals surface area (Å²) in [5.41, 5.74) is 1.32. The lowest BCUT2D eigenvalue weighted by atomic mass is 10.1. The maximum absolute atomic E-state index is 13.3. The highest BCUT2D eigenvalue weighted by Crippen LogP contribution is 2.35. The van der Waals surface area contributed by atoms with Gasteiger partial charge in [-0.1, -0.05) is 6.07 Å². The number of benzene rings is 1. The molecule has 1 aromatic carbocycles. The second-order valence-electron chi connectivity index (χ2n) is 4.03. The van der Waals surface area contributed by atoms with Gasteiger partial charge in [-0.15, -0.1) is 22.7 Å². The lowest BCUT2D eigenvalue weighted by molar-refractivity contribution is 0.509. The number of hydrogen-bond donors (Lipinski definition) is 0. The van der Waals surface area contributed by atoms with Crippen LogP contribution in [0, 0.1) is 18.6 Å². The minimum atomic E-state index is -0.845. The van der Waals surface area contributed by atoms with Crippen molar-refractivity contribution in [1.82, 2.24) is 4.98 Å². The molecule has 3 aromatic rings. The Bertz CT molecular complexity index is 717. The van der Waals surface area contributed by atoms with Crippen LogP contribution in [-0.2, 0) is 0 Å². The number of thiophene rings is 1. The molecule has 0 radical (unpaired) electrons. The van der Waals surface area contributed by atoms with Crippen LogP contribution in [-0.4, -0.2) is 4.98 Å². The van der Waals surface area contributed by atoms with Gasteiger partial charge in [0.05, 0.1) is 10.6 Å². The lowest BCUT2D eigenvalue weighted by Crippen LogP contribution is -1.86. The van der Waals surface area contributed by atoms with Gasteiger partial charge in [0.25, 0.3) is 0 Å². The van der Waals surface area contributed by atoms with Gasteiger partial charge in [0.2, 0.25) is 0 Å². The Kier molecular flexibility index (Phi) is 3.16.